The van der Waals surface area contributed by atoms with Gasteiger partial charge >= 0.3 is 0 Å². The summed E-state index contributed by atoms with van der Waals surface area (Å²) in [4.78, 5) is 11.5. The standard InChI is InChI=1S/C15H22N2O4S/c1-4-11-16-15(18)6-5-12-17(22(3,19)20)13-7-9-14(21-2)10-8-13/h4,7-10H,1,5-6,11-12H2,2-3H3,(H,16,18). The van der Waals surface area contributed by atoms with E-state index in [1.165, 1.54) is 4.31 Å². The van der Waals surface area contributed by atoms with E-state index in [-0.39, 0.29) is 18.9 Å². The monoisotopic (exact) mass is 326 g/mol. The van der Waals surface area contributed by atoms with E-state index in [4.69, 9.17) is 4.74 Å². The summed E-state index contributed by atoms with van der Waals surface area (Å²) in [5, 5.41) is 2.66. The van der Waals surface area contributed by atoms with Crippen molar-refractivity contribution in [3.05, 3.63) is 36.9 Å². The molecule has 1 aromatic carbocycles. The fourth-order valence-electron chi connectivity index (χ4n) is 1.89. The first-order chi connectivity index (χ1) is 10.4. The minimum Gasteiger partial charge on any atom is -0.497 e. The number of nitrogens with one attached hydrogen (secondary N) is 1. The molecule has 0 unspecified atom stereocenters. The van der Waals surface area contributed by atoms with Crippen LogP contribution in [0.25, 0.3) is 0 Å². The Bertz CT molecular complexity index is 596. The van der Waals surface area contributed by atoms with Crippen LogP contribution in [0.3, 0.4) is 0 Å². The van der Waals surface area contributed by atoms with Gasteiger partial charge in [-0.05, 0) is 30.7 Å². The average Bonchev–Trinajstić information content (AvgIpc) is 2.48. The van der Waals surface area contributed by atoms with Crippen LogP contribution in [0.1, 0.15) is 12.8 Å². The molecule has 1 N–H and O–H groups in total. The molecule has 0 aromatic heterocycles. The van der Waals surface area contributed by atoms with Crippen molar-refractivity contribution in [2.45, 2.75) is 12.8 Å². The van der Waals surface area contributed by atoms with Crippen LogP contribution in [0.2, 0.25) is 0 Å². The molecule has 0 saturated heterocycles. The molecule has 0 heterocycles. The predicted molar refractivity (Wildman–Crippen MR) is 87.6 cm³/mol. The zero-order chi connectivity index (χ0) is 16.6. The molecule has 1 aromatic rings. The zero-order valence-corrected chi connectivity index (χ0v) is 13.7. The molecule has 0 aliphatic heterocycles. The molecule has 1 rings (SSSR count). The van der Waals surface area contributed by atoms with Gasteiger partial charge in [0.05, 0.1) is 19.1 Å². The summed E-state index contributed by atoms with van der Waals surface area (Å²) < 4.78 is 30.2. The number of nitrogens with zero attached hydrogens (tertiary/aromatic N) is 1. The van der Waals surface area contributed by atoms with E-state index in [2.05, 4.69) is 11.9 Å². The zero-order valence-electron chi connectivity index (χ0n) is 12.9. The van der Waals surface area contributed by atoms with E-state index in [1.807, 2.05) is 0 Å². The third-order valence-electron chi connectivity index (χ3n) is 2.97. The summed E-state index contributed by atoms with van der Waals surface area (Å²) in [5.41, 5.74) is 0.551. The highest BCUT2D eigenvalue weighted by atomic mass is 32.2. The van der Waals surface area contributed by atoms with Crippen LogP contribution >= 0.6 is 0 Å². The molecule has 0 atom stereocenters. The number of methoxy groups -OCH3 is 1. The van der Waals surface area contributed by atoms with Crippen molar-refractivity contribution >= 4 is 21.6 Å². The van der Waals surface area contributed by atoms with E-state index < -0.39 is 10.0 Å². The van der Waals surface area contributed by atoms with Gasteiger partial charge in [-0.3, -0.25) is 9.10 Å². The van der Waals surface area contributed by atoms with Gasteiger partial charge < -0.3 is 10.1 Å². The van der Waals surface area contributed by atoms with E-state index in [0.717, 1.165) is 6.26 Å². The number of rotatable bonds is 9. The van der Waals surface area contributed by atoms with Crippen molar-refractivity contribution < 1.29 is 17.9 Å². The van der Waals surface area contributed by atoms with Crippen LogP contribution in [-0.4, -0.2) is 40.8 Å². The fourth-order valence-corrected chi connectivity index (χ4v) is 2.86. The van der Waals surface area contributed by atoms with Crippen molar-refractivity contribution in [2.24, 2.45) is 0 Å². The van der Waals surface area contributed by atoms with Crippen molar-refractivity contribution in [1.82, 2.24) is 5.32 Å². The lowest BCUT2D eigenvalue weighted by atomic mass is 10.2. The number of sulfonamides is 1. The lowest BCUT2D eigenvalue weighted by Crippen LogP contribution is -2.32. The lowest BCUT2D eigenvalue weighted by Gasteiger charge is -2.22. The maximum Gasteiger partial charge on any atom is 0.232 e. The van der Waals surface area contributed by atoms with Gasteiger partial charge in [0.1, 0.15) is 5.75 Å². The molecule has 0 bridgehead atoms. The Hall–Kier alpha value is -2.02. The third kappa shape index (κ3) is 5.77. The molecule has 7 heteroatoms. The van der Waals surface area contributed by atoms with Gasteiger partial charge in [0.2, 0.25) is 15.9 Å². The van der Waals surface area contributed by atoms with E-state index >= 15 is 0 Å². The van der Waals surface area contributed by atoms with Crippen LogP contribution in [0.5, 0.6) is 5.75 Å². The second-order valence-electron chi connectivity index (χ2n) is 4.73. The molecular weight excluding hydrogens is 304 g/mol. The Labute approximate surface area is 131 Å². The number of hydrogen-bond donors (Lipinski definition) is 1. The van der Waals surface area contributed by atoms with Gasteiger partial charge in [-0.25, -0.2) is 8.42 Å². The summed E-state index contributed by atoms with van der Waals surface area (Å²) >= 11 is 0. The summed E-state index contributed by atoms with van der Waals surface area (Å²) in [6.07, 6.45) is 3.44. The quantitative estimate of drug-likeness (QED) is 0.699. The first-order valence-electron chi connectivity index (χ1n) is 6.88. The molecular formula is C15H22N2O4S. The Balaban J connectivity index is 2.69. The number of hydrogen-bond acceptors (Lipinski definition) is 4. The number of anilines is 1. The number of carbonyl (C=O) groups excluding carboxylic acids is 1. The third-order valence-corrected chi connectivity index (χ3v) is 4.16. The van der Waals surface area contributed by atoms with Crippen molar-refractivity contribution in [3.8, 4) is 5.75 Å². The summed E-state index contributed by atoms with van der Waals surface area (Å²) in [6, 6.07) is 6.75. The molecule has 22 heavy (non-hydrogen) atoms. The first kappa shape index (κ1) is 18.0. The Morgan fingerprint density at radius 3 is 2.50 bits per heavy atom. The Kier molecular flexibility index (Phi) is 6.91. The smallest absolute Gasteiger partial charge is 0.232 e. The highest BCUT2D eigenvalue weighted by Gasteiger charge is 2.17. The van der Waals surface area contributed by atoms with E-state index in [0.29, 0.717) is 24.4 Å². The molecule has 0 aliphatic carbocycles. The minimum atomic E-state index is -3.41. The molecule has 122 valence electrons. The minimum absolute atomic E-state index is 0.122. The molecule has 0 fully saturated rings. The molecule has 0 radical (unpaired) electrons. The number of amides is 1. The van der Waals surface area contributed by atoms with E-state index in [9.17, 15) is 13.2 Å². The first-order valence-corrected chi connectivity index (χ1v) is 8.72. The van der Waals surface area contributed by atoms with Crippen molar-refractivity contribution in [1.29, 1.82) is 0 Å². The fraction of sp³-hybridized carbons (Fsp3) is 0.400. The second kappa shape index (κ2) is 8.43. The normalized spacial score (nSPS) is 10.8. The predicted octanol–water partition coefficient (Wildman–Crippen LogP) is 1.54. The van der Waals surface area contributed by atoms with Crippen LogP contribution in [0, 0.1) is 0 Å². The van der Waals surface area contributed by atoms with Gasteiger partial charge in [-0.2, -0.15) is 0 Å². The largest absolute Gasteiger partial charge is 0.497 e. The Morgan fingerprint density at radius 2 is 2.00 bits per heavy atom. The van der Waals surface area contributed by atoms with Gasteiger partial charge in [-0.1, -0.05) is 6.08 Å². The van der Waals surface area contributed by atoms with Gasteiger partial charge in [-0.15, -0.1) is 6.58 Å². The second-order valence-corrected chi connectivity index (χ2v) is 6.64. The Morgan fingerprint density at radius 1 is 1.36 bits per heavy atom. The highest BCUT2D eigenvalue weighted by molar-refractivity contribution is 7.92. The molecule has 1 amide bonds. The maximum atomic E-state index is 11.9. The van der Waals surface area contributed by atoms with Crippen LogP contribution < -0.4 is 14.4 Å². The average molecular weight is 326 g/mol. The SMILES string of the molecule is C=CCNC(=O)CCCN(c1ccc(OC)cc1)S(C)(=O)=O. The summed E-state index contributed by atoms with van der Waals surface area (Å²) in [6.45, 7) is 4.17. The van der Waals surface area contributed by atoms with Gasteiger partial charge in [0, 0.05) is 19.5 Å². The van der Waals surface area contributed by atoms with Crippen LogP contribution in [-0.2, 0) is 14.8 Å². The number of ether oxygens (including phenoxy) is 1. The molecule has 0 spiro atoms. The number of benzene rings is 1. The molecule has 0 saturated carbocycles. The van der Waals surface area contributed by atoms with Crippen LogP contribution in [0.4, 0.5) is 5.69 Å². The van der Waals surface area contributed by atoms with Gasteiger partial charge in [0.15, 0.2) is 0 Å². The van der Waals surface area contributed by atoms with Crippen molar-refractivity contribution in [3.63, 3.8) is 0 Å². The topological polar surface area (TPSA) is 75.7 Å². The summed E-state index contributed by atoms with van der Waals surface area (Å²) in [5.74, 6) is 0.532. The van der Waals surface area contributed by atoms with Gasteiger partial charge in [0.25, 0.3) is 0 Å². The van der Waals surface area contributed by atoms with E-state index in [1.54, 1.807) is 37.5 Å². The summed E-state index contributed by atoms with van der Waals surface area (Å²) in [7, 11) is -1.86. The lowest BCUT2D eigenvalue weighted by molar-refractivity contribution is -0.120. The maximum absolute atomic E-state index is 11.9. The number of carbonyl (C=O) groups is 1. The van der Waals surface area contributed by atoms with Crippen molar-refractivity contribution in [2.75, 3.05) is 30.8 Å². The highest BCUT2D eigenvalue weighted by Crippen LogP contribution is 2.21. The molecule has 6 nitrogen and oxygen atoms in total. The molecule has 0 aliphatic rings. The van der Waals surface area contributed by atoms with Crippen LogP contribution in [0.15, 0.2) is 36.9 Å².